The van der Waals surface area contributed by atoms with E-state index in [0.717, 1.165) is 24.8 Å². The van der Waals surface area contributed by atoms with Crippen LogP contribution in [0.25, 0.3) is 0 Å². The SMILES string of the molecule is Cc1ccc(C)c(S(=O)(=O)NC2CCC(C)C2)c1N. The maximum atomic E-state index is 12.5. The van der Waals surface area contributed by atoms with E-state index in [1.54, 1.807) is 13.0 Å². The van der Waals surface area contributed by atoms with Gasteiger partial charge in [0.05, 0.1) is 5.69 Å². The molecule has 0 bridgehead atoms. The highest BCUT2D eigenvalue weighted by Crippen LogP contribution is 2.29. The average molecular weight is 282 g/mol. The summed E-state index contributed by atoms with van der Waals surface area (Å²) in [6.45, 7) is 5.76. The molecule has 0 heterocycles. The molecule has 5 heteroatoms. The lowest BCUT2D eigenvalue weighted by molar-refractivity contribution is 0.538. The van der Waals surface area contributed by atoms with Crippen molar-refractivity contribution in [2.24, 2.45) is 5.92 Å². The molecule has 1 aliphatic carbocycles. The van der Waals surface area contributed by atoms with E-state index in [-0.39, 0.29) is 10.9 Å². The van der Waals surface area contributed by atoms with Gasteiger partial charge in [-0.15, -0.1) is 0 Å². The van der Waals surface area contributed by atoms with Gasteiger partial charge >= 0.3 is 0 Å². The van der Waals surface area contributed by atoms with Crippen molar-refractivity contribution in [2.45, 2.75) is 51.0 Å². The highest BCUT2D eigenvalue weighted by Gasteiger charge is 2.28. The van der Waals surface area contributed by atoms with Crippen LogP contribution in [0.15, 0.2) is 17.0 Å². The summed E-state index contributed by atoms with van der Waals surface area (Å²) in [6.07, 6.45) is 2.89. The van der Waals surface area contributed by atoms with Gasteiger partial charge in [0.25, 0.3) is 0 Å². The maximum absolute atomic E-state index is 12.5. The fourth-order valence-corrected chi connectivity index (χ4v) is 4.47. The summed E-state index contributed by atoms with van der Waals surface area (Å²) in [5.41, 5.74) is 7.80. The summed E-state index contributed by atoms with van der Waals surface area (Å²) in [7, 11) is -3.53. The number of nitrogens with two attached hydrogens (primary N) is 1. The Morgan fingerprint density at radius 3 is 2.42 bits per heavy atom. The predicted molar refractivity (Wildman–Crippen MR) is 77.5 cm³/mol. The number of hydrogen-bond donors (Lipinski definition) is 2. The van der Waals surface area contributed by atoms with Crippen molar-refractivity contribution < 1.29 is 8.42 Å². The van der Waals surface area contributed by atoms with Crippen LogP contribution in [-0.2, 0) is 10.0 Å². The lowest BCUT2D eigenvalue weighted by atomic mass is 10.1. The van der Waals surface area contributed by atoms with Gasteiger partial charge in [0.2, 0.25) is 10.0 Å². The third kappa shape index (κ3) is 2.92. The second-order valence-corrected chi connectivity index (χ2v) is 7.33. The summed E-state index contributed by atoms with van der Waals surface area (Å²) in [4.78, 5) is 0.243. The minimum Gasteiger partial charge on any atom is -0.397 e. The van der Waals surface area contributed by atoms with Crippen LogP contribution in [0.5, 0.6) is 0 Å². The van der Waals surface area contributed by atoms with Crippen LogP contribution in [0.3, 0.4) is 0 Å². The standard InChI is InChI=1S/C14H22N2O2S/c1-9-4-7-12(8-9)16-19(17,18)14-11(3)6-5-10(2)13(14)15/h5-6,9,12,16H,4,7-8,15H2,1-3H3. The Hall–Kier alpha value is -1.07. The molecule has 0 spiro atoms. The van der Waals surface area contributed by atoms with Gasteiger partial charge in [-0.2, -0.15) is 0 Å². The average Bonchev–Trinajstić information content (AvgIpc) is 2.68. The van der Waals surface area contributed by atoms with Crippen LogP contribution >= 0.6 is 0 Å². The molecule has 1 aliphatic rings. The normalized spacial score (nSPS) is 23.7. The zero-order valence-electron chi connectivity index (χ0n) is 11.7. The number of sulfonamides is 1. The molecule has 1 fully saturated rings. The second kappa shape index (κ2) is 5.13. The minimum atomic E-state index is -3.53. The van der Waals surface area contributed by atoms with Crippen molar-refractivity contribution in [3.8, 4) is 0 Å². The van der Waals surface area contributed by atoms with Gasteiger partial charge in [-0.05, 0) is 50.2 Å². The fraction of sp³-hybridized carbons (Fsp3) is 0.571. The lowest BCUT2D eigenvalue weighted by Gasteiger charge is -2.17. The second-order valence-electron chi connectivity index (χ2n) is 5.68. The van der Waals surface area contributed by atoms with Crippen LogP contribution in [0.2, 0.25) is 0 Å². The van der Waals surface area contributed by atoms with Crippen LogP contribution in [0.1, 0.15) is 37.3 Å². The Labute approximate surface area is 115 Å². The Kier molecular flexibility index (Phi) is 3.87. The number of hydrogen-bond acceptors (Lipinski definition) is 3. The summed E-state index contributed by atoms with van der Waals surface area (Å²) in [5.74, 6) is 0.587. The van der Waals surface area contributed by atoms with Crippen molar-refractivity contribution in [1.29, 1.82) is 0 Å². The summed E-state index contributed by atoms with van der Waals surface area (Å²) in [6, 6.07) is 3.69. The van der Waals surface area contributed by atoms with E-state index in [1.807, 2.05) is 13.0 Å². The van der Waals surface area contributed by atoms with Crippen LogP contribution in [0.4, 0.5) is 5.69 Å². The zero-order valence-corrected chi connectivity index (χ0v) is 12.5. The number of nitrogens with one attached hydrogen (secondary N) is 1. The molecule has 106 valence electrons. The fourth-order valence-electron chi connectivity index (χ4n) is 2.76. The van der Waals surface area contributed by atoms with Crippen molar-refractivity contribution in [3.63, 3.8) is 0 Å². The van der Waals surface area contributed by atoms with Gasteiger partial charge < -0.3 is 5.73 Å². The monoisotopic (exact) mass is 282 g/mol. The molecule has 1 aromatic rings. The first-order chi connectivity index (χ1) is 8.81. The molecule has 1 saturated carbocycles. The summed E-state index contributed by atoms with van der Waals surface area (Å²) in [5, 5.41) is 0. The van der Waals surface area contributed by atoms with E-state index in [4.69, 9.17) is 5.73 Å². The van der Waals surface area contributed by atoms with E-state index in [2.05, 4.69) is 11.6 Å². The third-order valence-electron chi connectivity index (χ3n) is 3.90. The largest absolute Gasteiger partial charge is 0.397 e. The molecular weight excluding hydrogens is 260 g/mol. The molecule has 1 aromatic carbocycles. The Morgan fingerprint density at radius 1 is 1.21 bits per heavy atom. The Morgan fingerprint density at radius 2 is 1.84 bits per heavy atom. The maximum Gasteiger partial charge on any atom is 0.243 e. The number of rotatable bonds is 3. The molecule has 0 aromatic heterocycles. The topological polar surface area (TPSA) is 72.2 Å². The molecule has 3 N–H and O–H groups in total. The van der Waals surface area contributed by atoms with Gasteiger partial charge in [-0.3, -0.25) is 0 Å². The third-order valence-corrected chi connectivity index (χ3v) is 5.62. The Balaban J connectivity index is 2.32. The first-order valence-corrected chi connectivity index (χ1v) is 8.17. The number of benzene rings is 1. The minimum absolute atomic E-state index is 0.0410. The van der Waals surface area contributed by atoms with Gasteiger partial charge in [-0.25, -0.2) is 13.1 Å². The quantitative estimate of drug-likeness (QED) is 0.836. The predicted octanol–water partition coefficient (Wildman–Crippen LogP) is 2.35. The molecule has 0 aliphatic heterocycles. The molecule has 4 nitrogen and oxygen atoms in total. The lowest BCUT2D eigenvalue weighted by Crippen LogP contribution is -2.34. The Bertz CT molecular complexity index is 581. The molecule has 0 radical (unpaired) electrons. The van der Waals surface area contributed by atoms with Crippen molar-refractivity contribution >= 4 is 15.7 Å². The van der Waals surface area contributed by atoms with E-state index in [0.29, 0.717) is 17.2 Å². The van der Waals surface area contributed by atoms with E-state index in [9.17, 15) is 8.42 Å². The molecule has 0 saturated heterocycles. The first-order valence-electron chi connectivity index (χ1n) is 6.69. The molecule has 19 heavy (non-hydrogen) atoms. The molecule has 0 amide bonds. The van der Waals surface area contributed by atoms with Gasteiger partial charge in [0, 0.05) is 6.04 Å². The molecule has 2 unspecified atom stereocenters. The van der Waals surface area contributed by atoms with E-state index < -0.39 is 10.0 Å². The van der Waals surface area contributed by atoms with E-state index in [1.165, 1.54) is 0 Å². The van der Waals surface area contributed by atoms with Crippen molar-refractivity contribution in [3.05, 3.63) is 23.3 Å². The number of anilines is 1. The van der Waals surface area contributed by atoms with Gasteiger partial charge in [0.15, 0.2) is 0 Å². The molecular formula is C14H22N2O2S. The number of aryl methyl sites for hydroxylation is 2. The van der Waals surface area contributed by atoms with Crippen molar-refractivity contribution in [2.75, 3.05) is 5.73 Å². The van der Waals surface area contributed by atoms with Gasteiger partial charge in [0.1, 0.15) is 4.90 Å². The van der Waals surface area contributed by atoms with E-state index >= 15 is 0 Å². The van der Waals surface area contributed by atoms with Crippen LogP contribution < -0.4 is 10.5 Å². The first kappa shape index (κ1) is 14.3. The summed E-state index contributed by atoms with van der Waals surface area (Å²) < 4.78 is 27.8. The highest BCUT2D eigenvalue weighted by molar-refractivity contribution is 7.89. The summed E-state index contributed by atoms with van der Waals surface area (Å²) >= 11 is 0. The number of nitrogen functional groups attached to an aromatic ring is 1. The van der Waals surface area contributed by atoms with Crippen LogP contribution in [0, 0.1) is 19.8 Å². The van der Waals surface area contributed by atoms with Gasteiger partial charge in [-0.1, -0.05) is 19.1 Å². The molecule has 2 atom stereocenters. The zero-order chi connectivity index (χ0) is 14.2. The highest BCUT2D eigenvalue weighted by atomic mass is 32.2. The smallest absolute Gasteiger partial charge is 0.243 e. The molecule has 2 rings (SSSR count). The van der Waals surface area contributed by atoms with Crippen LogP contribution in [-0.4, -0.2) is 14.5 Å². The van der Waals surface area contributed by atoms with Crippen molar-refractivity contribution in [1.82, 2.24) is 4.72 Å².